The fourth-order valence-electron chi connectivity index (χ4n) is 3.81. The Labute approximate surface area is 206 Å². The van der Waals surface area contributed by atoms with Gasteiger partial charge in [0.15, 0.2) is 0 Å². The minimum absolute atomic E-state index is 0.141. The van der Waals surface area contributed by atoms with E-state index >= 15 is 0 Å². The molecule has 0 aliphatic carbocycles. The summed E-state index contributed by atoms with van der Waals surface area (Å²) >= 11 is 12.4. The molecule has 0 saturated heterocycles. The van der Waals surface area contributed by atoms with E-state index in [0.29, 0.717) is 46.3 Å². The predicted octanol–water partition coefficient (Wildman–Crippen LogP) is 3.94. The highest BCUT2D eigenvalue weighted by molar-refractivity contribution is 6.32. The van der Waals surface area contributed by atoms with Crippen LogP contribution >= 0.6 is 23.2 Å². The molecule has 4 rings (SSSR count). The molecule has 2 aromatic carbocycles. The van der Waals surface area contributed by atoms with Gasteiger partial charge in [-0.1, -0.05) is 23.2 Å². The van der Waals surface area contributed by atoms with Crippen LogP contribution in [0.5, 0.6) is 0 Å². The van der Waals surface area contributed by atoms with Crippen molar-refractivity contribution in [1.82, 2.24) is 14.7 Å². The molecule has 0 bridgehead atoms. The number of primary amides is 1. The first-order valence-electron chi connectivity index (χ1n) is 10.3. The van der Waals surface area contributed by atoms with Crippen molar-refractivity contribution in [2.24, 2.45) is 5.73 Å². The Morgan fingerprint density at radius 2 is 1.94 bits per heavy atom. The average Bonchev–Trinajstić information content (AvgIpc) is 3.18. The summed E-state index contributed by atoms with van der Waals surface area (Å²) < 4.78 is 1.70. The van der Waals surface area contributed by atoms with Gasteiger partial charge < -0.3 is 20.9 Å². The highest BCUT2D eigenvalue weighted by atomic mass is 35.5. The van der Waals surface area contributed by atoms with E-state index in [0.717, 1.165) is 5.69 Å². The van der Waals surface area contributed by atoms with Gasteiger partial charge in [-0.05, 0) is 36.4 Å². The Morgan fingerprint density at radius 1 is 1.18 bits per heavy atom. The number of hydrogen-bond donors (Lipinski definition) is 2. The number of urea groups is 1. The Morgan fingerprint density at radius 3 is 2.59 bits per heavy atom. The standard InChI is InChI=1S/C23H21Cl2N7O2/c1-30(2)17-8-14(7-15(24)9-17)21-20(22(27)33)19-12-31(5-6-32(19)29-21)23(34)28-16-4-3-13(11-26)18(25)10-16/h3-4,7-10H,5-6,12H2,1-2H3,(H2,27,33)(H,28,34). The summed E-state index contributed by atoms with van der Waals surface area (Å²) in [6.07, 6.45) is 0. The molecule has 0 radical (unpaired) electrons. The molecular formula is C23H21Cl2N7O2. The van der Waals surface area contributed by atoms with E-state index in [-0.39, 0.29) is 23.2 Å². The quantitative estimate of drug-likeness (QED) is 0.565. The number of nitrogens with one attached hydrogen (secondary N) is 1. The lowest BCUT2D eigenvalue weighted by Crippen LogP contribution is -2.41. The molecule has 3 aromatic rings. The van der Waals surface area contributed by atoms with Gasteiger partial charge in [0.2, 0.25) is 0 Å². The number of carbonyl (C=O) groups excluding carboxylic acids is 2. The SMILES string of the molecule is CN(C)c1cc(Cl)cc(-c2nn3c(c2C(N)=O)CN(C(=O)Nc2ccc(C#N)c(Cl)c2)CC3)c1. The minimum atomic E-state index is -0.635. The summed E-state index contributed by atoms with van der Waals surface area (Å²) in [5, 5.41) is 17.2. The van der Waals surface area contributed by atoms with Crippen LogP contribution in [0, 0.1) is 11.3 Å². The number of rotatable bonds is 4. The number of fused-ring (bicyclic) bond motifs is 1. The normalized spacial score (nSPS) is 12.6. The highest BCUT2D eigenvalue weighted by Gasteiger charge is 2.30. The van der Waals surface area contributed by atoms with Crippen molar-refractivity contribution in [3.8, 4) is 17.3 Å². The maximum atomic E-state index is 12.9. The Hall–Kier alpha value is -3.74. The fourth-order valence-corrected chi connectivity index (χ4v) is 4.26. The van der Waals surface area contributed by atoms with E-state index in [4.69, 9.17) is 34.2 Å². The Kier molecular flexibility index (Phi) is 6.37. The van der Waals surface area contributed by atoms with Crippen molar-refractivity contribution in [1.29, 1.82) is 5.26 Å². The third-order valence-corrected chi connectivity index (χ3v) is 6.06. The molecule has 34 heavy (non-hydrogen) atoms. The Balaban J connectivity index is 1.64. The first kappa shape index (κ1) is 23.4. The van der Waals surface area contributed by atoms with Crippen LogP contribution in [-0.4, -0.2) is 47.3 Å². The van der Waals surface area contributed by atoms with Crippen LogP contribution < -0.4 is 16.0 Å². The summed E-state index contributed by atoms with van der Waals surface area (Å²) in [5.74, 6) is -0.635. The second-order valence-electron chi connectivity index (χ2n) is 8.01. The van der Waals surface area contributed by atoms with Crippen molar-refractivity contribution < 1.29 is 9.59 Å². The lowest BCUT2D eigenvalue weighted by Gasteiger charge is -2.28. The van der Waals surface area contributed by atoms with Crippen molar-refractivity contribution in [3.05, 3.63) is 63.3 Å². The zero-order chi connectivity index (χ0) is 24.6. The van der Waals surface area contributed by atoms with Gasteiger partial charge in [0.25, 0.3) is 5.91 Å². The third-order valence-electron chi connectivity index (χ3n) is 5.53. The van der Waals surface area contributed by atoms with Crippen LogP contribution in [0.4, 0.5) is 16.2 Å². The van der Waals surface area contributed by atoms with Crippen molar-refractivity contribution in [3.63, 3.8) is 0 Å². The summed E-state index contributed by atoms with van der Waals surface area (Å²) in [6.45, 7) is 0.904. The van der Waals surface area contributed by atoms with Crippen molar-refractivity contribution >= 4 is 46.5 Å². The number of hydrogen-bond acceptors (Lipinski definition) is 5. The summed E-state index contributed by atoms with van der Waals surface area (Å²) in [4.78, 5) is 28.8. The molecule has 1 aliphatic rings. The molecule has 0 spiro atoms. The van der Waals surface area contributed by atoms with Crippen LogP contribution in [-0.2, 0) is 13.1 Å². The number of nitriles is 1. The molecule has 0 unspecified atom stereocenters. The number of halogens is 2. The smallest absolute Gasteiger partial charge is 0.322 e. The van der Waals surface area contributed by atoms with Gasteiger partial charge in [-0.3, -0.25) is 9.48 Å². The number of aromatic nitrogens is 2. The molecule has 174 valence electrons. The number of benzene rings is 2. The molecule has 11 heteroatoms. The Bertz CT molecular complexity index is 1340. The number of anilines is 2. The van der Waals surface area contributed by atoms with Crippen LogP contribution in [0.3, 0.4) is 0 Å². The number of nitrogens with two attached hydrogens (primary N) is 1. The van der Waals surface area contributed by atoms with Gasteiger partial charge in [0.1, 0.15) is 11.8 Å². The first-order chi connectivity index (χ1) is 16.2. The van der Waals surface area contributed by atoms with Gasteiger partial charge in [-0.15, -0.1) is 0 Å². The van der Waals surface area contributed by atoms with E-state index in [1.807, 2.05) is 37.2 Å². The maximum absolute atomic E-state index is 12.9. The van der Waals surface area contributed by atoms with Gasteiger partial charge in [0, 0.05) is 42.6 Å². The summed E-state index contributed by atoms with van der Waals surface area (Å²) in [6, 6.07) is 11.7. The van der Waals surface area contributed by atoms with E-state index in [9.17, 15) is 9.59 Å². The van der Waals surface area contributed by atoms with E-state index in [1.165, 1.54) is 12.1 Å². The largest absolute Gasteiger partial charge is 0.378 e. The molecule has 9 nitrogen and oxygen atoms in total. The van der Waals surface area contributed by atoms with Gasteiger partial charge >= 0.3 is 6.03 Å². The molecule has 3 N–H and O–H groups in total. The first-order valence-corrected chi connectivity index (χ1v) is 11.1. The zero-order valence-corrected chi connectivity index (χ0v) is 20.0. The monoisotopic (exact) mass is 497 g/mol. The van der Waals surface area contributed by atoms with Crippen LogP contribution in [0.2, 0.25) is 10.0 Å². The van der Waals surface area contributed by atoms with Crippen LogP contribution in [0.25, 0.3) is 11.3 Å². The molecule has 1 aromatic heterocycles. The lowest BCUT2D eigenvalue weighted by atomic mass is 10.0. The summed E-state index contributed by atoms with van der Waals surface area (Å²) in [5.41, 5.74) is 9.27. The van der Waals surface area contributed by atoms with Crippen LogP contribution in [0.1, 0.15) is 21.6 Å². The summed E-state index contributed by atoms with van der Waals surface area (Å²) in [7, 11) is 3.78. The minimum Gasteiger partial charge on any atom is -0.378 e. The average molecular weight is 498 g/mol. The van der Waals surface area contributed by atoms with E-state index in [2.05, 4.69) is 10.4 Å². The third kappa shape index (κ3) is 4.51. The van der Waals surface area contributed by atoms with Gasteiger partial charge in [0.05, 0.1) is 34.9 Å². The van der Waals surface area contributed by atoms with E-state index in [1.54, 1.807) is 21.7 Å². The molecule has 2 heterocycles. The lowest BCUT2D eigenvalue weighted by molar-refractivity contribution is 0.0997. The molecule has 1 aliphatic heterocycles. The molecule has 0 saturated carbocycles. The maximum Gasteiger partial charge on any atom is 0.322 e. The number of carbonyl (C=O) groups is 2. The highest BCUT2D eigenvalue weighted by Crippen LogP contribution is 2.33. The van der Waals surface area contributed by atoms with Crippen molar-refractivity contribution in [2.45, 2.75) is 13.1 Å². The van der Waals surface area contributed by atoms with E-state index < -0.39 is 5.91 Å². The molecule has 0 atom stereocenters. The van der Waals surface area contributed by atoms with Gasteiger partial charge in [-0.2, -0.15) is 10.4 Å². The fraction of sp³-hybridized carbons (Fsp3) is 0.217. The topological polar surface area (TPSA) is 120 Å². The second-order valence-corrected chi connectivity index (χ2v) is 8.85. The van der Waals surface area contributed by atoms with Crippen molar-refractivity contribution in [2.75, 3.05) is 30.9 Å². The predicted molar refractivity (Wildman–Crippen MR) is 131 cm³/mol. The van der Waals surface area contributed by atoms with Crippen LogP contribution in [0.15, 0.2) is 36.4 Å². The number of amides is 3. The second kappa shape index (κ2) is 9.25. The molecule has 3 amide bonds. The molecular weight excluding hydrogens is 477 g/mol. The number of nitrogens with zero attached hydrogens (tertiary/aromatic N) is 5. The molecule has 0 fully saturated rings. The zero-order valence-electron chi connectivity index (χ0n) is 18.5. The van der Waals surface area contributed by atoms with Gasteiger partial charge in [-0.25, -0.2) is 4.79 Å².